The highest BCUT2D eigenvalue weighted by Gasteiger charge is 2.26. The van der Waals surface area contributed by atoms with Gasteiger partial charge in [0.2, 0.25) is 5.91 Å². The molecule has 2 N–H and O–H groups in total. The van der Waals surface area contributed by atoms with Crippen molar-refractivity contribution < 1.29 is 4.79 Å². The highest BCUT2D eigenvalue weighted by Crippen LogP contribution is 2.27. The number of hydrogen-bond acceptors (Lipinski definition) is 3. The predicted octanol–water partition coefficient (Wildman–Crippen LogP) is 4.19. The minimum Gasteiger partial charge on any atom is -0.357 e. The molecule has 0 saturated carbocycles. The molecule has 0 bridgehead atoms. The Bertz CT molecular complexity index is 924. The average molecular weight is 380 g/mol. The number of piperidine rings is 1. The van der Waals surface area contributed by atoms with Gasteiger partial charge in [-0.05, 0) is 30.4 Å². The molecular weight excluding hydrogens is 350 g/mol. The monoisotopic (exact) mass is 379 g/mol. The van der Waals surface area contributed by atoms with E-state index in [1.54, 1.807) is 6.20 Å². The van der Waals surface area contributed by atoms with Gasteiger partial charge in [0.05, 0.1) is 12.2 Å². The van der Waals surface area contributed by atoms with Crippen LogP contribution in [-0.4, -0.2) is 38.7 Å². The molecule has 28 heavy (non-hydrogen) atoms. The molecule has 0 spiro atoms. The van der Waals surface area contributed by atoms with Crippen LogP contribution in [0.2, 0.25) is 0 Å². The molecule has 1 fully saturated rings. The van der Waals surface area contributed by atoms with Crippen molar-refractivity contribution in [3.8, 4) is 0 Å². The zero-order valence-electron chi connectivity index (χ0n) is 16.9. The molecule has 1 aromatic carbocycles. The van der Waals surface area contributed by atoms with Crippen LogP contribution in [0, 0.1) is 5.41 Å². The standard InChI is InChI=1S/C22H29N5O/c1-22(2,3)21(28)25-20-8-11-23-27(20)18-9-12-26(13-10-18)15-17-14-16-6-4-5-7-19(16)24-17/h4-8,11,14,18,24H,9-10,12-13,15H2,1-3H3,(H,25,28). The summed E-state index contributed by atoms with van der Waals surface area (Å²) < 4.78 is 1.99. The van der Waals surface area contributed by atoms with Gasteiger partial charge in [-0.2, -0.15) is 5.10 Å². The van der Waals surface area contributed by atoms with E-state index in [0.29, 0.717) is 6.04 Å². The summed E-state index contributed by atoms with van der Waals surface area (Å²) in [6.45, 7) is 8.75. The van der Waals surface area contributed by atoms with Crippen LogP contribution in [0.25, 0.3) is 10.9 Å². The number of rotatable bonds is 4. The molecule has 1 saturated heterocycles. The first kappa shape index (κ1) is 18.7. The molecule has 148 valence electrons. The van der Waals surface area contributed by atoms with Crippen LogP contribution in [0.4, 0.5) is 5.82 Å². The Morgan fingerprint density at radius 3 is 2.68 bits per heavy atom. The van der Waals surface area contributed by atoms with Gasteiger partial charge in [-0.15, -0.1) is 0 Å². The molecule has 1 aliphatic heterocycles. The van der Waals surface area contributed by atoms with E-state index >= 15 is 0 Å². The van der Waals surface area contributed by atoms with Crippen LogP contribution >= 0.6 is 0 Å². The Hall–Kier alpha value is -2.60. The van der Waals surface area contributed by atoms with Crippen molar-refractivity contribution in [3.63, 3.8) is 0 Å². The number of carbonyl (C=O) groups excluding carboxylic acids is 1. The maximum Gasteiger partial charge on any atom is 0.230 e. The Kier molecular flexibility index (Phi) is 4.98. The summed E-state index contributed by atoms with van der Waals surface area (Å²) in [5.74, 6) is 0.819. The Balaban J connectivity index is 1.37. The SMILES string of the molecule is CC(C)(C)C(=O)Nc1ccnn1C1CCN(Cc2cc3ccccc3[nH]2)CC1. The molecule has 0 unspecified atom stereocenters. The largest absolute Gasteiger partial charge is 0.357 e. The molecule has 1 aliphatic rings. The Labute approximate surface area is 165 Å². The van der Waals surface area contributed by atoms with Gasteiger partial charge in [-0.25, -0.2) is 4.68 Å². The van der Waals surface area contributed by atoms with E-state index in [1.807, 2.05) is 31.5 Å². The predicted molar refractivity (Wildman–Crippen MR) is 112 cm³/mol. The van der Waals surface area contributed by atoms with Crippen LogP contribution in [0.15, 0.2) is 42.6 Å². The molecule has 6 heteroatoms. The molecule has 1 amide bonds. The van der Waals surface area contributed by atoms with Crippen molar-refractivity contribution in [1.82, 2.24) is 19.7 Å². The fraction of sp³-hybridized carbons (Fsp3) is 0.455. The van der Waals surface area contributed by atoms with Gasteiger partial charge < -0.3 is 10.3 Å². The molecule has 2 aromatic heterocycles. The van der Waals surface area contributed by atoms with Gasteiger partial charge in [0.1, 0.15) is 5.82 Å². The van der Waals surface area contributed by atoms with Crippen molar-refractivity contribution >= 4 is 22.6 Å². The summed E-state index contributed by atoms with van der Waals surface area (Å²) >= 11 is 0. The number of aromatic nitrogens is 3. The van der Waals surface area contributed by atoms with E-state index in [0.717, 1.165) is 38.3 Å². The number of aromatic amines is 1. The third kappa shape index (κ3) is 3.97. The molecular formula is C22H29N5O. The first-order valence-corrected chi connectivity index (χ1v) is 10.0. The topological polar surface area (TPSA) is 66.0 Å². The summed E-state index contributed by atoms with van der Waals surface area (Å²) in [6, 6.07) is 12.9. The second-order valence-electron chi connectivity index (χ2n) is 8.75. The van der Waals surface area contributed by atoms with E-state index in [-0.39, 0.29) is 5.91 Å². The molecule has 3 aromatic rings. The number of benzene rings is 1. The second kappa shape index (κ2) is 7.43. The van der Waals surface area contributed by atoms with E-state index < -0.39 is 5.41 Å². The van der Waals surface area contributed by atoms with Gasteiger partial charge in [0, 0.05) is 42.3 Å². The number of para-hydroxylation sites is 1. The first-order chi connectivity index (χ1) is 13.4. The lowest BCUT2D eigenvalue weighted by atomic mass is 9.96. The minimum absolute atomic E-state index is 0.0190. The summed E-state index contributed by atoms with van der Waals surface area (Å²) in [4.78, 5) is 18.3. The fourth-order valence-electron chi connectivity index (χ4n) is 3.79. The highest BCUT2D eigenvalue weighted by molar-refractivity contribution is 5.93. The summed E-state index contributed by atoms with van der Waals surface area (Å²) in [7, 11) is 0. The highest BCUT2D eigenvalue weighted by atomic mass is 16.2. The number of carbonyl (C=O) groups is 1. The number of likely N-dealkylation sites (tertiary alicyclic amines) is 1. The number of amides is 1. The quantitative estimate of drug-likeness (QED) is 0.714. The lowest BCUT2D eigenvalue weighted by Gasteiger charge is -2.32. The smallest absolute Gasteiger partial charge is 0.230 e. The van der Waals surface area contributed by atoms with Crippen molar-refractivity contribution in [3.05, 3.63) is 48.3 Å². The van der Waals surface area contributed by atoms with Crippen LogP contribution < -0.4 is 5.32 Å². The first-order valence-electron chi connectivity index (χ1n) is 10.0. The van der Waals surface area contributed by atoms with Crippen LogP contribution in [-0.2, 0) is 11.3 Å². The van der Waals surface area contributed by atoms with Crippen molar-refractivity contribution in [2.45, 2.75) is 46.2 Å². The van der Waals surface area contributed by atoms with Gasteiger partial charge >= 0.3 is 0 Å². The summed E-state index contributed by atoms with van der Waals surface area (Å²) in [6.07, 6.45) is 3.83. The van der Waals surface area contributed by atoms with E-state index in [1.165, 1.54) is 16.6 Å². The van der Waals surface area contributed by atoms with Gasteiger partial charge in [0.25, 0.3) is 0 Å². The van der Waals surface area contributed by atoms with E-state index in [2.05, 4.69) is 50.6 Å². The minimum atomic E-state index is -0.419. The van der Waals surface area contributed by atoms with E-state index in [9.17, 15) is 4.79 Å². The van der Waals surface area contributed by atoms with Crippen LogP contribution in [0.3, 0.4) is 0 Å². The lowest BCUT2D eigenvalue weighted by Crippen LogP contribution is -2.35. The van der Waals surface area contributed by atoms with Gasteiger partial charge in [-0.1, -0.05) is 39.0 Å². The summed E-state index contributed by atoms with van der Waals surface area (Å²) in [5.41, 5.74) is 2.04. The van der Waals surface area contributed by atoms with Crippen molar-refractivity contribution in [2.75, 3.05) is 18.4 Å². The van der Waals surface area contributed by atoms with Gasteiger partial charge in [0.15, 0.2) is 0 Å². The third-order valence-electron chi connectivity index (χ3n) is 5.48. The molecule has 0 atom stereocenters. The fourth-order valence-corrected chi connectivity index (χ4v) is 3.79. The molecule has 0 radical (unpaired) electrons. The Morgan fingerprint density at radius 2 is 1.96 bits per heavy atom. The number of anilines is 1. The van der Waals surface area contributed by atoms with Crippen molar-refractivity contribution in [1.29, 1.82) is 0 Å². The third-order valence-corrected chi connectivity index (χ3v) is 5.48. The number of nitrogens with one attached hydrogen (secondary N) is 2. The second-order valence-corrected chi connectivity index (χ2v) is 8.75. The van der Waals surface area contributed by atoms with E-state index in [4.69, 9.17) is 0 Å². The Morgan fingerprint density at radius 1 is 1.21 bits per heavy atom. The average Bonchev–Trinajstić information content (AvgIpc) is 3.27. The normalized spacial score (nSPS) is 16.5. The number of nitrogens with zero attached hydrogens (tertiary/aromatic N) is 3. The zero-order valence-corrected chi connectivity index (χ0v) is 16.9. The maximum atomic E-state index is 12.3. The van der Waals surface area contributed by atoms with Crippen LogP contribution in [0.5, 0.6) is 0 Å². The number of fused-ring (bicyclic) bond motifs is 1. The molecule has 0 aliphatic carbocycles. The molecule has 6 nitrogen and oxygen atoms in total. The molecule has 4 rings (SSSR count). The zero-order chi connectivity index (χ0) is 19.7. The van der Waals surface area contributed by atoms with Gasteiger partial charge in [-0.3, -0.25) is 9.69 Å². The lowest BCUT2D eigenvalue weighted by molar-refractivity contribution is -0.123. The summed E-state index contributed by atoms with van der Waals surface area (Å²) in [5, 5.41) is 8.79. The number of hydrogen-bond donors (Lipinski definition) is 2. The maximum absolute atomic E-state index is 12.3. The van der Waals surface area contributed by atoms with Crippen molar-refractivity contribution in [2.24, 2.45) is 5.41 Å². The van der Waals surface area contributed by atoms with Crippen LogP contribution in [0.1, 0.15) is 45.3 Å². The number of H-pyrrole nitrogens is 1. The molecule has 3 heterocycles.